The van der Waals surface area contributed by atoms with Crippen molar-refractivity contribution >= 4 is 23.1 Å². The SMILES string of the molecule is Cc1ccc2c(=S)nc(C)[nH]c2c1. The van der Waals surface area contributed by atoms with Crippen molar-refractivity contribution in [3.8, 4) is 0 Å². The van der Waals surface area contributed by atoms with Gasteiger partial charge in [0, 0.05) is 10.9 Å². The van der Waals surface area contributed by atoms with E-state index in [9.17, 15) is 0 Å². The van der Waals surface area contributed by atoms with Crippen molar-refractivity contribution in [1.29, 1.82) is 0 Å². The Morgan fingerprint density at radius 2 is 2.08 bits per heavy atom. The third-order valence-electron chi connectivity index (χ3n) is 1.99. The van der Waals surface area contributed by atoms with E-state index in [2.05, 4.69) is 23.0 Å². The van der Waals surface area contributed by atoms with E-state index < -0.39 is 0 Å². The maximum atomic E-state index is 5.15. The summed E-state index contributed by atoms with van der Waals surface area (Å²) in [4.78, 5) is 7.38. The summed E-state index contributed by atoms with van der Waals surface area (Å²) in [5, 5.41) is 1.02. The maximum absolute atomic E-state index is 5.15. The average molecular weight is 190 g/mol. The average Bonchev–Trinajstić information content (AvgIpc) is 2.02. The molecule has 2 nitrogen and oxygen atoms in total. The van der Waals surface area contributed by atoms with Gasteiger partial charge in [0.1, 0.15) is 10.5 Å². The fourth-order valence-corrected chi connectivity index (χ4v) is 1.70. The smallest absolute Gasteiger partial charge is 0.137 e. The molecule has 0 aliphatic heterocycles. The highest BCUT2D eigenvalue weighted by Crippen LogP contribution is 2.13. The van der Waals surface area contributed by atoms with Crippen LogP contribution in [0.3, 0.4) is 0 Å². The van der Waals surface area contributed by atoms with Gasteiger partial charge in [0.2, 0.25) is 0 Å². The van der Waals surface area contributed by atoms with Gasteiger partial charge in [-0.2, -0.15) is 0 Å². The van der Waals surface area contributed by atoms with Crippen molar-refractivity contribution in [3.05, 3.63) is 34.2 Å². The van der Waals surface area contributed by atoms with Crippen LogP contribution in [0.4, 0.5) is 0 Å². The second-order valence-electron chi connectivity index (χ2n) is 3.18. The van der Waals surface area contributed by atoms with Gasteiger partial charge in [-0.25, -0.2) is 4.98 Å². The first kappa shape index (κ1) is 8.38. The standard InChI is InChI=1S/C10H10N2S/c1-6-3-4-8-9(5-6)11-7(2)12-10(8)13/h3-5H,1-2H3,(H,11,12,13). The van der Waals surface area contributed by atoms with Crippen molar-refractivity contribution < 1.29 is 0 Å². The summed E-state index contributed by atoms with van der Waals surface area (Å²) < 4.78 is 0.672. The van der Waals surface area contributed by atoms with E-state index >= 15 is 0 Å². The molecule has 0 aliphatic carbocycles. The van der Waals surface area contributed by atoms with Crippen LogP contribution in [0.5, 0.6) is 0 Å². The number of nitrogens with zero attached hydrogens (tertiary/aromatic N) is 1. The third kappa shape index (κ3) is 1.47. The Morgan fingerprint density at radius 3 is 2.85 bits per heavy atom. The van der Waals surface area contributed by atoms with Gasteiger partial charge in [0.25, 0.3) is 0 Å². The second-order valence-corrected chi connectivity index (χ2v) is 3.56. The topological polar surface area (TPSA) is 28.7 Å². The first-order valence-electron chi connectivity index (χ1n) is 4.14. The number of nitrogens with one attached hydrogen (secondary N) is 1. The minimum absolute atomic E-state index is 0.672. The molecule has 0 aliphatic rings. The molecule has 1 aromatic heterocycles. The molecule has 2 rings (SSSR count). The minimum Gasteiger partial charge on any atom is -0.343 e. The van der Waals surface area contributed by atoms with Crippen molar-refractivity contribution in [2.45, 2.75) is 13.8 Å². The van der Waals surface area contributed by atoms with E-state index in [-0.39, 0.29) is 0 Å². The Labute approximate surface area is 81.6 Å². The highest BCUT2D eigenvalue weighted by Gasteiger charge is 1.97. The fourth-order valence-electron chi connectivity index (χ4n) is 1.38. The van der Waals surface area contributed by atoms with Crippen molar-refractivity contribution in [2.75, 3.05) is 0 Å². The van der Waals surface area contributed by atoms with Crippen LogP contribution in [0.15, 0.2) is 18.2 Å². The molecule has 0 spiro atoms. The number of hydrogen-bond donors (Lipinski definition) is 1. The zero-order valence-corrected chi connectivity index (χ0v) is 8.40. The lowest BCUT2D eigenvalue weighted by molar-refractivity contribution is 1.08. The lowest BCUT2D eigenvalue weighted by Crippen LogP contribution is -1.90. The largest absolute Gasteiger partial charge is 0.343 e. The quantitative estimate of drug-likeness (QED) is 0.647. The molecule has 66 valence electrons. The maximum Gasteiger partial charge on any atom is 0.137 e. The molecule has 0 bridgehead atoms. The van der Waals surface area contributed by atoms with Crippen LogP contribution in [0.1, 0.15) is 11.4 Å². The van der Waals surface area contributed by atoms with E-state index in [0.717, 1.165) is 16.7 Å². The van der Waals surface area contributed by atoms with E-state index in [1.54, 1.807) is 0 Å². The summed E-state index contributed by atoms with van der Waals surface area (Å²) in [5.74, 6) is 0.864. The van der Waals surface area contributed by atoms with Gasteiger partial charge in [-0.3, -0.25) is 0 Å². The summed E-state index contributed by atoms with van der Waals surface area (Å²) in [6, 6.07) is 6.14. The number of fused-ring (bicyclic) bond motifs is 1. The first-order chi connectivity index (χ1) is 6.16. The molecule has 2 aromatic rings. The van der Waals surface area contributed by atoms with Gasteiger partial charge in [0.15, 0.2) is 0 Å². The van der Waals surface area contributed by atoms with E-state index in [1.807, 2.05) is 19.1 Å². The van der Waals surface area contributed by atoms with Gasteiger partial charge in [-0.05, 0) is 31.5 Å². The van der Waals surface area contributed by atoms with Crippen molar-refractivity contribution in [1.82, 2.24) is 9.97 Å². The number of hydrogen-bond acceptors (Lipinski definition) is 2. The Morgan fingerprint density at radius 1 is 1.31 bits per heavy atom. The van der Waals surface area contributed by atoms with Crippen LogP contribution >= 0.6 is 12.2 Å². The fraction of sp³-hybridized carbons (Fsp3) is 0.200. The highest BCUT2D eigenvalue weighted by molar-refractivity contribution is 7.71. The Bertz CT molecular complexity index is 509. The number of aryl methyl sites for hydroxylation is 2. The molecule has 1 heterocycles. The van der Waals surface area contributed by atoms with Gasteiger partial charge in [-0.1, -0.05) is 18.3 Å². The number of benzene rings is 1. The Hall–Kier alpha value is -1.22. The Kier molecular flexibility index (Phi) is 1.88. The molecular formula is C10H10N2S. The number of aromatic nitrogens is 2. The predicted molar refractivity (Wildman–Crippen MR) is 56.4 cm³/mol. The minimum atomic E-state index is 0.672. The second kappa shape index (κ2) is 2.92. The van der Waals surface area contributed by atoms with Crippen molar-refractivity contribution in [2.24, 2.45) is 0 Å². The predicted octanol–water partition coefficient (Wildman–Crippen LogP) is 2.91. The van der Waals surface area contributed by atoms with E-state index in [1.165, 1.54) is 5.56 Å². The zero-order chi connectivity index (χ0) is 9.42. The van der Waals surface area contributed by atoms with Crippen LogP contribution in [-0.4, -0.2) is 9.97 Å². The summed E-state index contributed by atoms with van der Waals surface area (Å²) in [5.41, 5.74) is 2.29. The molecule has 0 unspecified atom stereocenters. The summed E-state index contributed by atoms with van der Waals surface area (Å²) in [6.45, 7) is 3.98. The number of aromatic amines is 1. The third-order valence-corrected chi connectivity index (χ3v) is 2.30. The van der Waals surface area contributed by atoms with Crippen molar-refractivity contribution in [3.63, 3.8) is 0 Å². The van der Waals surface area contributed by atoms with Crippen LogP contribution in [0.25, 0.3) is 10.9 Å². The van der Waals surface area contributed by atoms with Crippen LogP contribution in [0, 0.1) is 18.5 Å². The molecule has 0 saturated carbocycles. The van der Waals surface area contributed by atoms with Gasteiger partial charge in [-0.15, -0.1) is 0 Å². The molecule has 0 atom stereocenters. The molecule has 3 heteroatoms. The van der Waals surface area contributed by atoms with E-state index in [4.69, 9.17) is 12.2 Å². The zero-order valence-electron chi connectivity index (χ0n) is 7.59. The lowest BCUT2D eigenvalue weighted by atomic mass is 10.2. The van der Waals surface area contributed by atoms with Crippen LogP contribution < -0.4 is 0 Å². The highest BCUT2D eigenvalue weighted by atomic mass is 32.1. The first-order valence-corrected chi connectivity index (χ1v) is 4.55. The molecule has 0 fully saturated rings. The summed E-state index contributed by atoms with van der Waals surface area (Å²) >= 11 is 5.15. The normalized spacial score (nSPS) is 10.6. The Balaban J connectivity index is 2.95. The molecule has 1 aromatic carbocycles. The molecule has 1 N–H and O–H groups in total. The van der Waals surface area contributed by atoms with Gasteiger partial charge in [0.05, 0.1) is 0 Å². The number of rotatable bonds is 0. The van der Waals surface area contributed by atoms with Crippen LogP contribution in [0.2, 0.25) is 0 Å². The summed E-state index contributed by atoms with van der Waals surface area (Å²) in [6.07, 6.45) is 0. The molecule has 0 amide bonds. The van der Waals surface area contributed by atoms with E-state index in [0.29, 0.717) is 4.64 Å². The number of H-pyrrole nitrogens is 1. The van der Waals surface area contributed by atoms with Crippen LogP contribution in [-0.2, 0) is 0 Å². The monoisotopic (exact) mass is 190 g/mol. The molecule has 13 heavy (non-hydrogen) atoms. The molecule has 0 saturated heterocycles. The van der Waals surface area contributed by atoms with Gasteiger partial charge >= 0.3 is 0 Å². The molecular weight excluding hydrogens is 180 g/mol. The summed E-state index contributed by atoms with van der Waals surface area (Å²) in [7, 11) is 0. The molecule has 0 radical (unpaired) electrons. The van der Waals surface area contributed by atoms with Gasteiger partial charge < -0.3 is 4.98 Å². The lowest BCUT2D eigenvalue weighted by Gasteiger charge is -2.00.